The Kier molecular flexibility index (Phi) is 7.30. The Morgan fingerprint density at radius 2 is 1.69 bits per heavy atom. The Balaban J connectivity index is 2.23. The average Bonchev–Trinajstić information content (AvgIpc) is 2.74. The second kappa shape index (κ2) is 9.96. The van der Waals surface area contributed by atoms with E-state index in [-0.39, 0.29) is 25.2 Å². The quantitative estimate of drug-likeness (QED) is 0.628. The van der Waals surface area contributed by atoms with Crippen molar-refractivity contribution >= 4 is 17.6 Å². The highest BCUT2D eigenvalue weighted by Gasteiger charge is 2.52. The molecule has 3 rings (SSSR count). The second-order valence-corrected chi connectivity index (χ2v) is 7.90. The molecule has 6 nitrogen and oxygen atoms in total. The highest BCUT2D eigenvalue weighted by Crippen LogP contribution is 2.48. The number of aliphatic hydroxyl groups is 1. The molecule has 3 atom stereocenters. The number of halogens is 1. The zero-order valence-corrected chi connectivity index (χ0v) is 18.4. The van der Waals surface area contributed by atoms with E-state index < -0.39 is 35.2 Å². The molecule has 0 spiro atoms. The Morgan fingerprint density at radius 1 is 1.06 bits per heavy atom. The van der Waals surface area contributed by atoms with Crippen molar-refractivity contribution in [2.24, 2.45) is 5.92 Å². The smallest absolute Gasteiger partial charge is 0.336 e. The van der Waals surface area contributed by atoms with Gasteiger partial charge in [-0.05, 0) is 50.6 Å². The van der Waals surface area contributed by atoms with Gasteiger partial charge in [-0.1, -0.05) is 30.3 Å². The van der Waals surface area contributed by atoms with Gasteiger partial charge in [0.25, 0.3) is 0 Å². The van der Waals surface area contributed by atoms with E-state index in [0.717, 1.165) is 0 Å². The average molecular weight is 441 g/mol. The number of para-hydroxylation sites is 1. The highest BCUT2D eigenvalue weighted by molar-refractivity contribution is 5.94. The molecular weight excluding hydrogens is 413 g/mol. The van der Waals surface area contributed by atoms with Crippen molar-refractivity contribution < 1.29 is 28.6 Å². The molecule has 0 bridgehead atoms. The van der Waals surface area contributed by atoms with Gasteiger partial charge >= 0.3 is 11.9 Å². The molecule has 1 aliphatic rings. The van der Waals surface area contributed by atoms with Gasteiger partial charge in [0.2, 0.25) is 0 Å². The van der Waals surface area contributed by atoms with Crippen LogP contribution in [0.5, 0.6) is 0 Å². The van der Waals surface area contributed by atoms with E-state index >= 15 is 0 Å². The van der Waals surface area contributed by atoms with Gasteiger partial charge in [0.1, 0.15) is 5.82 Å². The molecular formula is C25H28FNO5. The number of carbonyl (C=O) groups is 2. The molecule has 32 heavy (non-hydrogen) atoms. The largest absolute Gasteiger partial charge is 0.466 e. The lowest BCUT2D eigenvalue weighted by molar-refractivity contribution is -0.159. The fraction of sp³-hybridized carbons (Fsp3) is 0.360. The molecule has 2 aromatic carbocycles. The van der Waals surface area contributed by atoms with Gasteiger partial charge in [0, 0.05) is 23.7 Å². The maximum absolute atomic E-state index is 13.7. The lowest BCUT2D eigenvalue weighted by Crippen LogP contribution is -2.49. The predicted octanol–water partition coefficient (Wildman–Crippen LogP) is 4.17. The van der Waals surface area contributed by atoms with Crippen LogP contribution in [0.4, 0.5) is 10.1 Å². The number of rotatable bonds is 7. The molecule has 0 unspecified atom stereocenters. The van der Waals surface area contributed by atoms with E-state index in [1.54, 1.807) is 20.8 Å². The van der Waals surface area contributed by atoms with Gasteiger partial charge in [0.15, 0.2) is 0 Å². The van der Waals surface area contributed by atoms with Crippen molar-refractivity contribution in [3.63, 3.8) is 0 Å². The van der Waals surface area contributed by atoms with E-state index in [0.29, 0.717) is 16.9 Å². The SMILES string of the molecule is CCOC(=O)C1=C(Nc2ccccc2)C[C@](C)(O)[C@H](C(=O)OCC)[C@@H]1c1ccc(F)cc1. The van der Waals surface area contributed by atoms with Crippen molar-refractivity contribution in [1.82, 2.24) is 0 Å². The Labute approximate surface area is 187 Å². The summed E-state index contributed by atoms with van der Waals surface area (Å²) >= 11 is 0. The van der Waals surface area contributed by atoms with Crippen LogP contribution in [0.2, 0.25) is 0 Å². The summed E-state index contributed by atoms with van der Waals surface area (Å²) in [4.78, 5) is 26.2. The van der Waals surface area contributed by atoms with Gasteiger partial charge in [-0.15, -0.1) is 0 Å². The molecule has 170 valence electrons. The number of carbonyl (C=O) groups excluding carboxylic acids is 2. The van der Waals surface area contributed by atoms with Gasteiger partial charge in [-0.3, -0.25) is 4.79 Å². The van der Waals surface area contributed by atoms with Crippen LogP contribution in [-0.2, 0) is 19.1 Å². The number of ether oxygens (including phenoxy) is 2. The van der Waals surface area contributed by atoms with Gasteiger partial charge < -0.3 is 19.9 Å². The molecule has 7 heteroatoms. The molecule has 0 amide bonds. The van der Waals surface area contributed by atoms with E-state index in [2.05, 4.69) is 5.32 Å². The fourth-order valence-corrected chi connectivity index (χ4v) is 4.19. The first-order chi connectivity index (χ1) is 15.3. The van der Waals surface area contributed by atoms with Crippen LogP contribution in [0.3, 0.4) is 0 Å². The van der Waals surface area contributed by atoms with Crippen molar-refractivity contribution in [2.45, 2.75) is 38.7 Å². The number of hydrogen-bond acceptors (Lipinski definition) is 6. The normalized spacial score (nSPS) is 22.9. The summed E-state index contributed by atoms with van der Waals surface area (Å²) in [6.07, 6.45) is -0.00276. The van der Waals surface area contributed by atoms with E-state index in [9.17, 15) is 19.1 Å². The van der Waals surface area contributed by atoms with Crippen molar-refractivity contribution in [3.8, 4) is 0 Å². The minimum Gasteiger partial charge on any atom is -0.466 e. The summed E-state index contributed by atoms with van der Waals surface area (Å²) in [5.74, 6) is -3.68. The van der Waals surface area contributed by atoms with E-state index in [4.69, 9.17) is 9.47 Å². The van der Waals surface area contributed by atoms with Crippen molar-refractivity contribution in [1.29, 1.82) is 0 Å². The molecule has 1 aliphatic carbocycles. The number of benzene rings is 2. The third-order valence-electron chi connectivity index (χ3n) is 5.51. The fourth-order valence-electron chi connectivity index (χ4n) is 4.19. The minimum absolute atomic E-state index is 0.00276. The number of esters is 2. The van der Waals surface area contributed by atoms with Crippen LogP contribution >= 0.6 is 0 Å². The zero-order valence-electron chi connectivity index (χ0n) is 18.4. The lowest BCUT2D eigenvalue weighted by Gasteiger charge is -2.43. The number of hydrogen-bond donors (Lipinski definition) is 2. The first-order valence-corrected chi connectivity index (χ1v) is 10.6. The molecule has 2 N–H and O–H groups in total. The molecule has 0 fully saturated rings. The lowest BCUT2D eigenvalue weighted by atomic mass is 9.66. The summed E-state index contributed by atoms with van der Waals surface area (Å²) in [6.45, 7) is 5.16. The van der Waals surface area contributed by atoms with Crippen LogP contribution in [0.1, 0.15) is 38.7 Å². The Hall–Kier alpha value is -3.19. The van der Waals surface area contributed by atoms with Crippen LogP contribution in [0.25, 0.3) is 0 Å². The van der Waals surface area contributed by atoms with E-state index in [1.807, 2.05) is 30.3 Å². The third kappa shape index (κ3) is 4.99. The maximum atomic E-state index is 13.7. The van der Waals surface area contributed by atoms with Crippen LogP contribution in [0.15, 0.2) is 65.9 Å². The molecule has 0 saturated carbocycles. The molecule has 0 saturated heterocycles. The summed E-state index contributed by atoms with van der Waals surface area (Å²) in [5.41, 5.74) is 0.326. The van der Waals surface area contributed by atoms with Crippen LogP contribution in [0, 0.1) is 11.7 Å². The van der Waals surface area contributed by atoms with E-state index in [1.165, 1.54) is 24.3 Å². The Morgan fingerprint density at radius 3 is 2.28 bits per heavy atom. The maximum Gasteiger partial charge on any atom is 0.336 e. The minimum atomic E-state index is -1.54. The standard InChI is InChI=1S/C25H28FNO5/c1-4-31-23(28)21-19(27-18-9-7-6-8-10-18)15-25(3,30)22(24(29)32-5-2)20(21)16-11-13-17(26)14-12-16/h6-14,20,22,27,30H,4-5,15H2,1-3H3/t20-,22+,25+/m1/s1. The monoisotopic (exact) mass is 441 g/mol. The molecule has 0 aromatic heterocycles. The summed E-state index contributed by atoms with van der Waals surface area (Å²) < 4.78 is 24.3. The first-order valence-electron chi connectivity index (χ1n) is 10.6. The highest BCUT2D eigenvalue weighted by atomic mass is 19.1. The molecule has 0 aliphatic heterocycles. The third-order valence-corrected chi connectivity index (χ3v) is 5.51. The number of anilines is 1. The molecule has 0 heterocycles. The summed E-state index contributed by atoms with van der Waals surface area (Å²) in [6, 6.07) is 14.7. The first kappa shape index (κ1) is 23.5. The molecule has 0 radical (unpaired) electrons. The predicted molar refractivity (Wildman–Crippen MR) is 118 cm³/mol. The summed E-state index contributed by atoms with van der Waals surface area (Å²) in [7, 11) is 0. The van der Waals surface area contributed by atoms with Crippen molar-refractivity contribution in [3.05, 3.63) is 77.2 Å². The summed E-state index contributed by atoms with van der Waals surface area (Å²) in [5, 5.41) is 14.6. The van der Waals surface area contributed by atoms with Gasteiger partial charge in [-0.2, -0.15) is 0 Å². The topological polar surface area (TPSA) is 84.9 Å². The van der Waals surface area contributed by atoms with Crippen LogP contribution < -0.4 is 5.32 Å². The zero-order chi connectivity index (χ0) is 23.3. The number of nitrogens with one attached hydrogen (secondary N) is 1. The van der Waals surface area contributed by atoms with Gasteiger partial charge in [0.05, 0.1) is 30.3 Å². The van der Waals surface area contributed by atoms with Crippen molar-refractivity contribution in [2.75, 3.05) is 18.5 Å². The van der Waals surface area contributed by atoms with Gasteiger partial charge in [-0.25, -0.2) is 9.18 Å². The van der Waals surface area contributed by atoms with Crippen LogP contribution in [-0.4, -0.2) is 35.9 Å². The Bertz CT molecular complexity index is 985. The second-order valence-electron chi connectivity index (χ2n) is 7.90. The molecule has 2 aromatic rings.